The highest BCUT2D eigenvalue weighted by Gasteiger charge is 2.32. The van der Waals surface area contributed by atoms with Crippen LogP contribution in [0.5, 0.6) is 0 Å². The van der Waals surface area contributed by atoms with E-state index in [0.717, 1.165) is 15.4 Å². The van der Waals surface area contributed by atoms with Crippen LogP contribution in [0, 0.1) is 5.92 Å². The Morgan fingerprint density at radius 3 is 1.85 bits per heavy atom. The summed E-state index contributed by atoms with van der Waals surface area (Å²) in [5.41, 5.74) is 5.42. The van der Waals surface area contributed by atoms with Gasteiger partial charge in [0.05, 0.1) is 0 Å². The Hall–Kier alpha value is -1.20. The second kappa shape index (κ2) is 8.48. The van der Waals surface area contributed by atoms with Crippen LogP contribution in [0.4, 0.5) is 0 Å². The zero-order chi connectivity index (χ0) is 22.9. The van der Waals surface area contributed by atoms with E-state index in [1.54, 1.807) is 0 Å². The molecule has 4 aromatic rings. The Kier molecular flexibility index (Phi) is 5.72. The Balaban J connectivity index is 1.44. The van der Waals surface area contributed by atoms with Gasteiger partial charge in [-0.2, -0.15) is 0 Å². The van der Waals surface area contributed by atoms with E-state index < -0.39 is 0 Å². The average molecular weight is 688 g/mol. The summed E-state index contributed by atoms with van der Waals surface area (Å²) in [5, 5.41) is 5.34. The fraction of sp³-hybridized carbons (Fsp3) is 0.172. The standard InChI is InChI=1S/C29H20Br4/c1-15(27-21-7-3-6-20-24(31)11-9-17(29(20)21)14-26(27)33)12-22-18-4-2-5-19-23(30)10-8-16(28(18)19)13-25(22)32/h2-11,13-15,22,27H,12H2,1H3. The van der Waals surface area contributed by atoms with Gasteiger partial charge >= 0.3 is 0 Å². The van der Waals surface area contributed by atoms with Crippen molar-refractivity contribution in [2.24, 2.45) is 5.92 Å². The predicted octanol–water partition coefficient (Wildman–Crippen LogP) is 10.9. The van der Waals surface area contributed by atoms with Crippen molar-refractivity contribution >= 4 is 97.4 Å². The molecule has 0 aliphatic heterocycles. The molecule has 0 fully saturated rings. The van der Waals surface area contributed by atoms with Crippen molar-refractivity contribution in [3.05, 3.63) is 101 Å². The molecular formula is C29H20Br4. The maximum absolute atomic E-state index is 3.97. The minimum absolute atomic E-state index is 0.332. The Morgan fingerprint density at radius 1 is 0.667 bits per heavy atom. The highest BCUT2D eigenvalue weighted by molar-refractivity contribution is 9.12. The summed E-state index contributed by atoms with van der Waals surface area (Å²) in [7, 11) is 0. The molecule has 0 nitrogen and oxygen atoms in total. The predicted molar refractivity (Wildman–Crippen MR) is 156 cm³/mol. The van der Waals surface area contributed by atoms with Crippen molar-refractivity contribution in [3.8, 4) is 0 Å². The van der Waals surface area contributed by atoms with E-state index in [2.05, 4.69) is 143 Å². The van der Waals surface area contributed by atoms with Crippen LogP contribution in [0.1, 0.15) is 47.4 Å². The lowest BCUT2D eigenvalue weighted by Gasteiger charge is -2.33. The molecule has 0 aromatic heterocycles. The molecule has 0 spiro atoms. The zero-order valence-electron chi connectivity index (χ0n) is 17.9. The number of halogens is 4. The van der Waals surface area contributed by atoms with Gasteiger partial charge in [0.25, 0.3) is 0 Å². The van der Waals surface area contributed by atoms with Gasteiger partial charge in [0.2, 0.25) is 0 Å². The number of allylic oxidation sites excluding steroid dienone is 2. The summed E-state index contributed by atoms with van der Waals surface area (Å²) in [6, 6.07) is 22.2. The monoisotopic (exact) mass is 684 g/mol. The fourth-order valence-corrected chi connectivity index (χ4v) is 8.31. The average Bonchev–Trinajstić information content (AvgIpc) is 2.80. The van der Waals surface area contributed by atoms with Crippen LogP contribution in [0.2, 0.25) is 0 Å². The molecule has 164 valence electrons. The van der Waals surface area contributed by atoms with Gasteiger partial charge in [-0.3, -0.25) is 0 Å². The Labute approximate surface area is 227 Å². The molecule has 4 aromatic carbocycles. The molecule has 3 atom stereocenters. The molecule has 0 radical (unpaired) electrons. The van der Waals surface area contributed by atoms with Crippen LogP contribution in [0.15, 0.2) is 78.6 Å². The van der Waals surface area contributed by atoms with E-state index in [0.29, 0.717) is 17.8 Å². The third-order valence-corrected chi connectivity index (χ3v) is 10.1. The minimum atomic E-state index is 0.332. The molecule has 0 bridgehead atoms. The van der Waals surface area contributed by atoms with E-state index in [9.17, 15) is 0 Å². The van der Waals surface area contributed by atoms with Crippen molar-refractivity contribution in [3.63, 3.8) is 0 Å². The molecule has 0 saturated heterocycles. The maximum atomic E-state index is 3.97. The Morgan fingerprint density at radius 2 is 1.21 bits per heavy atom. The topological polar surface area (TPSA) is 0 Å². The first-order valence-electron chi connectivity index (χ1n) is 11.1. The molecule has 4 heteroatoms. The van der Waals surface area contributed by atoms with Crippen LogP contribution in [-0.2, 0) is 0 Å². The number of rotatable bonds is 3. The third-order valence-electron chi connectivity index (χ3n) is 7.21. The molecule has 0 N–H and O–H groups in total. The van der Waals surface area contributed by atoms with Crippen LogP contribution in [0.3, 0.4) is 0 Å². The normalized spacial score (nSPS) is 20.0. The molecule has 2 aliphatic carbocycles. The first-order valence-corrected chi connectivity index (χ1v) is 14.3. The van der Waals surface area contributed by atoms with Gasteiger partial charge in [0.15, 0.2) is 0 Å². The molecule has 6 rings (SSSR count). The van der Waals surface area contributed by atoms with Crippen LogP contribution in [0.25, 0.3) is 33.7 Å². The summed E-state index contributed by atoms with van der Waals surface area (Å²) in [4.78, 5) is 0. The largest absolute Gasteiger partial charge is 0.0615 e. The number of benzene rings is 4. The van der Waals surface area contributed by atoms with Crippen LogP contribution >= 0.6 is 63.7 Å². The van der Waals surface area contributed by atoms with Crippen molar-refractivity contribution < 1.29 is 0 Å². The maximum Gasteiger partial charge on any atom is 0.0254 e. The first-order chi connectivity index (χ1) is 15.9. The van der Waals surface area contributed by atoms with Crippen molar-refractivity contribution in [2.75, 3.05) is 0 Å². The van der Waals surface area contributed by atoms with Gasteiger partial charge in [0.1, 0.15) is 0 Å². The lowest BCUT2D eigenvalue weighted by molar-refractivity contribution is 0.460. The van der Waals surface area contributed by atoms with E-state index in [4.69, 9.17) is 0 Å². The molecule has 3 unspecified atom stereocenters. The van der Waals surface area contributed by atoms with E-state index >= 15 is 0 Å². The van der Waals surface area contributed by atoms with Gasteiger partial charge < -0.3 is 0 Å². The van der Waals surface area contributed by atoms with Gasteiger partial charge in [-0.05, 0) is 80.4 Å². The first kappa shape index (κ1) is 22.3. The summed E-state index contributed by atoms with van der Waals surface area (Å²) in [6.07, 6.45) is 5.70. The van der Waals surface area contributed by atoms with Gasteiger partial charge in [-0.1, -0.05) is 119 Å². The Bertz CT molecular complexity index is 1510. The highest BCUT2D eigenvalue weighted by Crippen LogP contribution is 2.51. The molecular weight excluding hydrogens is 668 g/mol. The fourth-order valence-electron chi connectivity index (χ4n) is 5.76. The lowest BCUT2D eigenvalue weighted by Crippen LogP contribution is -2.17. The van der Waals surface area contributed by atoms with E-state index in [1.807, 2.05) is 0 Å². The molecule has 0 saturated carbocycles. The summed E-state index contributed by atoms with van der Waals surface area (Å²) >= 11 is 15.5. The van der Waals surface area contributed by atoms with Crippen molar-refractivity contribution in [1.29, 1.82) is 0 Å². The number of hydrogen-bond acceptors (Lipinski definition) is 0. The molecule has 33 heavy (non-hydrogen) atoms. The number of hydrogen-bond donors (Lipinski definition) is 0. The van der Waals surface area contributed by atoms with Crippen molar-refractivity contribution in [2.45, 2.75) is 25.2 Å². The highest BCUT2D eigenvalue weighted by atomic mass is 79.9. The van der Waals surface area contributed by atoms with Gasteiger partial charge in [0, 0.05) is 29.7 Å². The van der Waals surface area contributed by atoms with Crippen LogP contribution in [-0.4, -0.2) is 0 Å². The van der Waals surface area contributed by atoms with Crippen molar-refractivity contribution in [1.82, 2.24) is 0 Å². The SMILES string of the molecule is CC(CC1C(Br)=Cc2ccc(Br)c3cccc1c23)C1C(Br)=Cc2ccc(Br)c3cccc1c23. The van der Waals surface area contributed by atoms with Gasteiger partial charge in [-0.25, -0.2) is 0 Å². The lowest BCUT2D eigenvalue weighted by atomic mass is 9.74. The second-order valence-corrected chi connectivity index (χ2v) is 12.7. The smallest absolute Gasteiger partial charge is 0.0254 e. The molecule has 2 aliphatic rings. The third kappa shape index (κ3) is 3.55. The van der Waals surface area contributed by atoms with Gasteiger partial charge in [-0.15, -0.1) is 0 Å². The summed E-state index contributed by atoms with van der Waals surface area (Å²) in [6.45, 7) is 2.40. The quantitative estimate of drug-likeness (QED) is 0.201. The minimum Gasteiger partial charge on any atom is -0.0615 e. The zero-order valence-corrected chi connectivity index (χ0v) is 24.2. The summed E-state index contributed by atoms with van der Waals surface area (Å²) in [5.74, 6) is 1.12. The molecule has 0 amide bonds. The van der Waals surface area contributed by atoms with Crippen LogP contribution < -0.4 is 0 Å². The van der Waals surface area contributed by atoms with E-state index in [-0.39, 0.29) is 0 Å². The molecule has 0 heterocycles. The second-order valence-electron chi connectivity index (χ2n) is 9.11. The van der Waals surface area contributed by atoms with E-state index in [1.165, 1.54) is 52.8 Å². The summed E-state index contributed by atoms with van der Waals surface area (Å²) < 4.78 is 4.87.